The van der Waals surface area contributed by atoms with Crippen molar-refractivity contribution in [2.45, 2.75) is 18.3 Å². The Morgan fingerprint density at radius 1 is 1.15 bits per heavy atom. The van der Waals surface area contributed by atoms with E-state index in [0.29, 0.717) is 5.02 Å². The number of hydrogen-bond donors (Lipinski definition) is 2. The summed E-state index contributed by atoms with van der Waals surface area (Å²) in [6.45, 7) is 0.278. The Morgan fingerprint density at radius 2 is 1.92 bits per heavy atom. The highest BCUT2D eigenvalue weighted by atomic mass is 35.5. The number of hydrogen-bond acceptors (Lipinski definition) is 1. The molecule has 1 heterocycles. The van der Waals surface area contributed by atoms with Crippen LogP contribution in [0.5, 0.6) is 0 Å². The molecule has 0 saturated heterocycles. The summed E-state index contributed by atoms with van der Waals surface area (Å²) in [5, 5.41) is 4.28. The summed E-state index contributed by atoms with van der Waals surface area (Å²) in [5.74, 6) is -5.22. The molecule has 3 nitrogen and oxygen atoms in total. The molecule has 1 fully saturated rings. The molecular weight excluding hydrogens is 365 g/mol. The van der Waals surface area contributed by atoms with Crippen LogP contribution in [-0.2, 0) is 5.41 Å². The second kappa shape index (κ2) is 6.06. The molecule has 134 valence electrons. The second-order valence-corrected chi connectivity index (χ2v) is 7.01. The van der Waals surface area contributed by atoms with E-state index >= 15 is 0 Å². The first-order valence-corrected chi connectivity index (χ1v) is 8.48. The molecule has 0 radical (unpaired) electrons. The molecule has 4 rings (SSSR count). The van der Waals surface area contributed by atoms with E-state index in [0.717, 1.165) is 41.4 Å². The van der Waals surface area contributed by atoms with Crippen LogP contribution in [0.3, 0.4) is 0 Å². The molecule has 1 aliphatic rings. The smallest absolute Gasteiger partial charge is 0.254 e. The normalized spacial score (nSPS) is 15.2. The van der Waals surface area contributed by atoms with Crippen molar-refractivity contribution >= 4 is 28.4 Å². The quantitative estimate of drug-likeness (QED) is 0.635. The van der Waals surface area contributed by atoms with Crippen LogP contribution in [0.1, 0.15) is 28.8 Å². The van der Waals surface area contributed by atoms with Crippen molar-refractivity contribution in [2.24, 2.45) is 0 Å². The highest BCUT2D eigenvalue weighted by Gasteiger charge is 2.46. The van der Waals surface area contributed by atoms with E-state index in [4.69, 9.17) is 11.6 Å². The predicted molar refractivity (Wildman–Crippen MR) is 92.9 cm³/mol. The fourth-order valence-electron chi connectivity index (χ4n) is 3.28. The van der Waals surface area contributed by atoms with Crippen molar-refractivity contribution < 1.29 is 18.0 Å². The Hall–Kier alpha value is -2.47. The van der Waals surface area contributed by atoms with Gasteiger partial charge in [-0.05, 0) is 42.7 Å². The molecule has 0 unspecified atom stereocenters. The predicted octanol–water partition coefficient (Wildman–Crippen LogP) is 4.70. The molecule has 1 saturated carbocycles. The Labute approximate surface area is 152 Å². The molecule has 7 heteroatoms. The van der Waals surface area contributed by atoms with Crippen LogP contribution in [0.2, 0.25) is 5.02 Å². The van der Waals surface area contributed by atoms with Gasteiger partial charge in [0.1, 0.15) is 0 Å². The zero-order valence-electron chi connectivity index (χ0n) is 13.5. The molecule has 1 amide bonds. The van der Waals surface area contributed by atoms with E-state index in [-0.39, 0.29) is 12.0 Å². The average Bonchev–Trinajstić information content (AvgIpc) is 3.29. The molecule has 0 atom stereocenters. The highest BCUT2D eigenvalue weighted by Crippen LogP contribution is 2.50. The van der Waals surface area contributed by atoms with E-state index in [1.807, 2.05) is 18.3 Å². The number of aromatic amines is 1. The van der Waals surface area contributed by atoms with E-state index < -0.39 is 28.9 Å². The summed E-state index contributed by atoms with van der Waals surface area (Å²) >= 11 is 6.00. The summed E-state index contributed by atoms with van der Waals surface area (Å²) in [4.78, 5) is 15.4. The number of H-pyrrole nitrogens is 1. The average molecular weight is 379 g/mol. The molecule has 2 aromatic carbocycles. The molecule has 1 aromatic heterocycles. The highest BCUT2D eigenvalue weighted by molar-refractivity contribution is 6.31. The lowest BCUT2D eigenvalue weighted by molar-refractivity contribution is 0.0944. The lowest BCUT2D eigenvalue weighted by Crippen LogP contribution is -2.32. The number of amides is 1. The minimum absolute atomic E-state index is 0.253. The van der Waals surface area contributed by atoms with E-state index in [1.165, 1.54) is 0 Å². The van der Waals surface area contributed by atoms with E-state index in [9.17, 15) is 18.0 Å². The van der Waals surface area contributed by atoms with Crippen molar-refractivity contribution in [3.8, 4) is 0 Å². The summed E-state index contributed by atoms with van der Waals surface area (Å²) in [6, 6.07) is 7.22. The van der Waals surface area contributed by atoms with Gasteiger partial charge in [0.15, 0.2) is 17.5 Å². The van der Waals surface area contributed by atoms with Gasteiger partial charge >= 0.3 is 0 Å². The summed E-state index contributed by atoms with van der Waals surface area (Å²) in [7, 11) is 0. The molecular formula is C19H14ClF3N2O. The number of carbonyl (C=O) groups excluding carboxylic acids is 1. The number of carbonyl (C=O) groups is 1. The van der Waals surface area contributed by atoms with Gasteiger partial charge < -0.3 is 10.3 Å². The van der Waals surface area contributed by atoms with Crippen LogP contribution in [0.15, 0.2) is 36.5 Å². The zero-order chi connectivity index (χ0) is 18.5. The summed E-state index contributed by atoms with van der Waals surface area (Å²) in [5.41, 5.74) is 1.19. The third-order valence-electron chi connectivity index (χ3n) is 4.94. The minimum atomic E-state index is -1.65. The van der Waals surface area contributed by atoms with Crippen LogP contribution in [0, 0.1) is 17.5 Å². The van der Waals surface area contributed by atoms with Crippen LogP contribution in [-0.4, -0.2) is 17.4 Å². The molecule has 2 N–H and O–H groups in total. The van der Waals surface area contributed by atoms with Crippen molar-refractivity contribution in [1.82, 2.24) is 10.3 Å². The molecule has 0 aliphatic heterocycles. The fourth-order valence-corrected chi connectivity index (χ4v) is 3.45. The van der Waals surface area contributed by atoms with Gasteiger partial charge in [0.25, 0.3) is 5.91 Å². The molecule has 0 bridgehead atoms. The van der Waals surface area contributed by atoms with Gasteiger partial charge in [0.05, 0.1) is 5.56 Å². The number of rotatable bonds is 4. The summed E-state index contributed by atoms with van der Waals surface area (Å²) in [6.07, 6.45) is 3.62. The lowest BCUT2D eigenvalue weighted by Gasteiger charge is -2.16. The SMILES string of the molecule is O=C(NCC1(c2c[nH]c3cc(Cl)ccc23)CC1)c1ccc(F)c(F)c1F. The number of halogens is 4. The van der Waals surface area contributed by atoms with Crippen molar-refractivity contribution in [3.63, 3.8) is 0 Å². The van der Waals surface area contributed by atoms with Gasteiger partial charge in [-0.15, -0.1) is 0 Å². The Balaban J connectivity index is 1.56. The van der Waals surface area contributed by atoms with E-state index in [2.05, 4.69) is 10.3 Å². The van der Waals surface area contributed by atoms with Gasteiger partial charge in [-0.25, -0.2) is 13.2 Å². The fraction of sp³-hybridized carbons (Fsp3) is 0.211. The third-order valence-corrected chi connectivity index (χ3v) is 5.17. The van der Waals surface area contributed by atoms with Gasteiger partial charge in [-0.1, -0.05) is 17.7 Å². The van der Waals surface area contributed by atoms with Crippen LogP contribution < -0.4 is 5.32 Å². The van der Waals surface area contributed by atoms with Gasteiger partial charge in [-0.2, -0.15) is 0 Å². The molecule has 3 aromatic rings. The standard InChI is InChI=1S/C19H14ClF3N2O/c20-10-1-2-11-13(8-24-15(11)7-10)19(5-6-19)9-25-18(26)12-3-4-14(21)17(23)16(12)22/h1-4,7-8,24H,5-6,9H2,(H,25,26). The zero-order valence-corrected chi connectivity index (χ0v) is 14.3. The first kappa shape index (κ1) is 17.0. The van der Waals surface area contributed by atoms with Crippen LogP contribution in [0.25, 0.3) is 10.9 Å². The monoisotopic (exact) mass is 378 g/mol. The van der Waals surface area contributed by atoms with Crippen molar-refractivity contribution in [3.05, 3.63) is 70.1 Å². The second-order valence-electron chi connectivity index (χ2n) is 6.58. The van der Waals surface area contributed by atoms with Crippen LogP contribution >= 0.6 is 11.6 Å². The van der Waals surface area contributed by atoms with Crippen molar-refractivity contribution in [1.29, 1.82) is 0 Å². The first-order valence-electron chi connectivity index (χ1n) is 8.10. The molecule has 0 spiro atoms. The van der Waals surface area contributed by atoms with Crippen molar-refractivity contribution in [2.75, 3.05) is 6.54 Å². The first-order chi connectivity index (χ1) is 12.4. The maximum Gasteiger partial charge on any atom is 0.254 e. The summed E-state index contributed by atoms with van der Waals surface area (Å²) < 4.78 is 40.1. The third kappa shape index (κ3) is 2.74. The Kier molecular flexibility index (Phi) is 3.95. The maximum absolute atomic E-state index is 13.8. The van der Waals surface area contributed by atoms with Crippen LogP contribution in [0.4, 0.5) is 13.2 Å². The largest absolute Gasteiger partial charge is 0.361 e. The van der Waals surface area contributed by atoms with Gasteiger partial charge in [-0.3, -0.25) is 4.79 Å². The number of aromatic nitrogens is 1. The number of nitrogens with one attached hydrogen (secondary N) is 2. The molecule has 26 heavy (non-hydrogen) atoms. The van der Waals surface area contributed by atoms with Gasteiger partial charge in [0, 0.05) is 34.1 Å². The topological polar surface area (TPSA) is 44.9 Å². The maximum atomic E-state index is 13.8. The van der Waals surface area contributed by atoms with E-state index in [1.54, 1.807) is 6.07 Å². The number of fused-ring (bicyclic) bond motifs is 1. The Bertz CT molecular complexity index is 1030. The minimum Gasteiger partial charge on any atom is -0.361 e. The number of benzene rings is 2. The molecule has 1 aliphatic carbocycles. The lowest BCUT2D eigenvalue weighted by atomic mass is 9.95. The van der Waals surface area contributed by atoms with Gasteiger partial charge in [0.2, 0.25) is 0 Å². The Morgan fingerprint density at radius 3 is 2.65 bits per heavy atom.